The maximum Gasteiger partial charge on any atom is 0.343 e. The Labute approximate surface area is 209 Å². The highest BCUT2D eigenvalue weighted by atomic mass is 32.1. The molecule has 0 fully saturated rings. The first-order valence-corrected chi connectivity index (χ1v) is 12.7. The van der Waals surface area contributed by atoms with Gasteiger partial charge >= 0.3 is 5.97 Å². The Bertz CT molecular complexity index is 1260. The van der Waals surface area contributed by atoms with E-state index in [2.05, 4.69) is 31.4 Å². The molecule has 2 aliphatic rings. The first-order valence-electron chi connectivity index (χ1n) is 11.9. The van der Waals surface area contributed by atoms with E-state index in [0.29, 0.717) is 23.0 Å². The van der Waals surface area contributed by atoms with Gasteiger partial charge in [0.05, 0.1) is 18.2 Å². The van der Waals surface area contributed by atoms with Crippen molar-refractivity contribution in [3.8, 4) is 11.5 Å². The smallest absolute Gasteiger partial charge is 0.343 e. The van der Waals surface area contributed by atoms with Gasteiger partial charge in [0.15, 0.2) is 0 Å². The molecule has 0 radical (unpaired) electrons. The van der Waals surface area contributed by atoms with Crippen LogP contribution in [-0.2, 0) is 12.8 Å². The van der Waals surface area contributed by atoms with Gasteiger partial charge in [0.1, 0.15) is 22.7 Å². The van der Waals surface area contributed by atoms with Crippen LogP contribution in [-0.4, -0.2) is 19.0 Å². The van der Waals surface area contributed by atoms with E-state index in [4.69, 9.17) is 9.47 Å². The van der Waals surface area contributed by atoms with Crippen molar-refractivity contribution in [1.82, 2.24) is 5.32 Å². The normalized spacial score (nSPS) is 19.1. The summed E-state index contributed by atoms with van der Waals surface area (Å²) in [5.74, 6) is 1.29. The molecular formula is C28H30N2O4S. The third-order valence-electron chi connectivity index (χ3n) is 7.02. The molecule has 6 nitrogen and oxygen atoms in total. The lowest BCUT2D eigenvalue weighted by molar-refractivity contribution is 0.0734. The van der Waals surface area contributed by atoms with Crippen LogP contribution in [0.5, 0.6) is 11.5 Å². The van der Waals surface area contributed by atoms with E-state index in [1.54, 1.807) is 54.8 Å². The summed E-state index contributed by atoms with van der Waals surface area (Å²) in [6.45, 7) is 6.90. The number of methoxy groups -OCH3 is 1. The summed E-state index contributed by atoms with van der Waals surface area (Å²) in [6.07, 6.45) is 2.77. The molecular weight excluding hydrogens is 460 g/mol. The average Bonchev–Trinajstić information content (AvgIpc) is 3.22. The summed E-state index contributed by atoms with van der Waals surface area (Å²) in [5, 5.41) is 7.57. The first-order chi connectivity index (χ1) is 16.7. The Morgan fingerprint density at radius 2 is 1.69 bits per heavy atom. The van der Waals surface area contributed by atoms with Gasteiger partial charge in [0, 0.05) is 4.88 Å². The van der Waals surface area contributed by atoms with E-state index in [0.717, 1.165) is 35.4 Å². The number of nitrogens with one attached hydrogen (secondary N) is 2. The molecule has 35 heavy (non-hydrogen) atoms. The average molecular weight is 491 g/mol. The van der Waals surface area contributed by atoms with Crippen LogP contribution in [0.3, 0.4) is 0 Å². The zero-order valence-electron chi connectivity index (χ0n) is 20.4. The number of thiophene rings is 1. The van der Waals surface area contributed by atoms with Crippen molar-refractivity contribution in [1.29, 1.82) is 0 Å². The van der Waals surface area contributed by atoms with Crippen LogP contribution >= 0.6 is 11.3 Å². The van der Waals surface area contributed by atoms with Gasteiger partial charge in [-0.2, -0.15) is 0 Å². The van der Waals surface area contributed by atoms with Gasteiger partial charge in [0.25, 0.3) is 5.91 Å². The van der Waals surface area contributed by atoms with E-state index >= 15 is 0 Å². The molecule has 2 N–H and O–H groups in total. The lowest BCUT2D eigenvalue weighted by Gasteiger charge is -2.34. The van der Waals surface area contributed by atoms with Gasteiger partial charge in [-0.15, -0.1) is 11.3 Å². The molecule has 2 atom stereocenters. The number of anilines is 1. The van der Waals surface area contributed by atoms with E-state index in [9.17, 15) is 9.59 Å². The first kappa shape index (κ1) is 23.4. The number of ether oxygens (including phenoxy) is 2. The highest BCUT2D eigenvalue weighted by Crippen LogP contribution is 2.46. The van der Waals surface area contributed by atoms with Crippen molar-refractivity contribution in [3.05, 3.63) is 75.7 Å². The molecule has 3 aromatic rings. The fraction of sp³-hybridized carbons (Fsp3) is 0.357. The maximum atomic E-state index is 13.1. The Kier molecular flexibility index (Phi) is 6.05. The molecule has 7 heteroatoms. The Morgan fingerprint density at radius 3 is 2.34 bits per heavy atom. The topological polar surface area (TPSA) is 76.7 Å². The van der Waals surface area contributed by atoms with Gasteiger partial charge in [-0.3, -0.25) is 4.79 Å². The SMILES string of the molecule is COc1ccc(C(=O)Oc2ccc(C3NC(=O)c4c(sc5c4CCC(C(C)(C)C)C5)N3)cc2)cc1. The molecule has 0 saturated carbocycles. The van der Waals surface area contributed by atoms with E-state index in [-0.39, 0.29) is 17.5 Å². The van der Waals surface area contributed by atoms with Gasteiger partial charge in [-0.1, -0.05) is 32.9 Å². The maximum absolute atomic E-state index is 13.1. The van der Waals surface area contributed by atoms with Gasteiger partial charge < -0.3 is 20.1 Å². The molecule has 5 rings (SSSR count). The molecule has 2 aromatic carbocycles. The predicted molar refractivity (Wildman–Crippen MR) is 138 cm³/mol. The Hall–Kier alpha value is -3.32. The molecule has 1 aromatic heterocycles. The third-order valence-corrected chi connectivity index (χ3v) is 8.20. The van der Waals surface area contributed by atoms with Crippen molar-refractivity contribution in [2.45, 2.75) is 46.2 Å². The standard InChI is InChI=1S/C28H30N2O4S/c1-28(2,3)18-9-14-21-22(15-18)35-26-23(21)25(31)29-24(30-26)16-5-12-20(13-6-16)34-27(32)17-7-10-19(33-4)11-8-17/h5-8,10-13,18,24,30H,9,14-15H2,1-4H3,(H,29,31). The zero-order chi connectivity index (χ0) is 24.7. The number of benzene rings is 2. The van der Waals surface area contributed by atoms with Crippen molar-refractivity contribution in [2.75, 3.05) is 12.4 Å². The minimum atomic E-state index is -0.438. The monoisotopic (exact) mass is 490 g/mol. The second kappa shape index (κ2) is 9.04. The third kappa shape index (κ3) is 4.65. The molecule has 2 heterocycles. The van der Waals surface area contributed by atoms with Crippen LogP contribution in [0.4, 0.5) is 5.00 Å². The molecule has 1 amide bonds. The van der Waals surface area contributed by atoms with Crippen molar-refractivity contribution >= 4 is 28.2 Å². The fourth-order valence-electron chi connectivity index (χ4n) is 4.83. The lowest BCUT2D eigenvalue weighted by atomic mass is 9.72. The number of amides is 1. The molecule has 0 spiro atoms. The van der Waals surface area contributed by atoms with E-state index in [1.807, 2.05) is 12.1 Å². The second-order valence-corrected chi connectivity index (χ2v) is 11.4. The minimum Gasteiger partial charge on any atom is -0.497 e. The van der Waals surface area contributed by atoms with Crippen LogP contribution in [0, 0.1) is 11.3 Å². The highest BCUT2D eigenvalue weighted by Gasteiger charge is 2.36. The summed E-state index contributed by atoms with van der Waals surface area (Å²) in [4.78, 5) is 26.8. The van der Waals surface area contributed by atoms with Crippen LogP contribution in [0.2, 0.25) is 0 Å². The van der Waals surface area contributed by atoms with Crippen molar-refractivity contribution in [3.63, 3.8) is 0 Å². The van der Waals surface area contributed by atoms with Gasteiger partial charge in [0.2, 0.25) is 0 Å². The molecule has 182 valence electrons. The summed E-state index contributed by atoms with van der Waals surface area (Å²) in [5.41, 5.74) is 3.64. The van der Waals surface area contributed by atoms with Crippen LogP contribution in [0.25, 0.3) is 0 Å². The molecule has 0 bridgehead atoms. The number of fused-ring (bicyclic) bond motifs is 3. The molecule has 1 aliphatic heterocycles. The lowest BCUT2D eigenvalue weighted by Crippen LogP contribution is -2.38. The summed E-state index contributed by atoms with van der Waals surface area (Å²) in [6, 6.07) is 14.0. The number of carbonyl (C=O) groups is 2. The van der Waals surface area contributed by atoms with Crippen LogP contribution in [0.1, 0.15) is 70.1 Å². The Balaban J connectivity index is 1.29. The summed E-state index contributed by atoms with van der Waals surface area (Å²) >= 11 is 1.72. The summed E-state index contributed by atoms with van der Waals surface area (Å²) < 4.78 is 10.6. The number of hydrogen-bond donors (Lipinski definition) is 2. The Morgan fingerprint density at radius 1 is 1.00 bits per heavy atom. The van der Waals surface area contributed by atoms with Crippen LogP contribution < -0.4 is 20.1 Å². The van der Waals surface area contributed by atoms with E-state index in [1.165, 1.54) is 10.4 Å². The zero-order valence-corrected chi connectivity index (χ0v) is 21.3. The predicted octanol–water partition coefficient (Wildman–Crippen LogP) is 5.98. The van der Waals surface area contributed by atoms with Crippen LogP contribution in [0.15, 0.2) is 48.5 Å². The van der Waals surface area contributed by atoms with Crippen molar-refractivity contribution in [2.24, 2.45) is 11.3 Å². The van der Waals surface area contributed by atoms with E-state index < -0.39 is 5.97 Å². The molecule has 0 saturated heterocycles. The number of carbonyl (C=O) groups excluding carboxylic acids is 2. The summed E-state index contributed by atoms with van der Waals surface area (Å²) in [7, 11) is 1.58. The van der Waals surface area contributed by atoms with Gasteiger partial charge in [-0.25, -0.2) is 4.79 Å². The quantitative estimate of drug-likeness (QED) is 0.347. The molecule has 1 aliphatic carbocycles. The number of rotatable bonds is 4. The highest BCUT2D eigenvalue weighted by molar-refractivity contribution is 7.16. The largest absolute Gasteiger partial charge is 0.497 e. The van der Waals surface area contributed by atoms with Gasteiger partial charge in [-0.05, 0) is 78.1 Å². The number of hydrogen-bond acceptors (Lipinski definition) is 6. The fourth-order valence-corrected chi connectivity index (χ4v) is 6.18. The second-order valence-electron chi connectivity index (χ2n) is 10.3. The minimum absolute atomic E-state index is 0.0227. The van der Waals surface area contributed by atoms with Crippen molar-refractivity contribution < 1.29 is 19.1 Å². The number of esters is 1. The molecule has 2 unspecified atom stereocenters.